The van der Waals surface area contributed by atoms with Crippen LogP contribution < -0.4 is 5.73 Å². The number of hydrogen-bond acceptors (Lipinski definition) is 4. The van der Waals surface area contributed by atoms with E-state index >= 15 is 0 Å². The summed E-state index contributed by atoms with van der Waals surface area (Å²) in [6, 6.07) is 11.3. The number of para-hydroxylation sites is 1. The van der Waals surface area contributed by atoms with Crippen molar-refractivity contribution >= 4 is 10.9 Å². The Morgan fingerprint density at radius 1 is 1.33 bits per heavy atom. The largest absolute Gasteiger partial charge is 0.383 e. The van der Waals surface area contributed by atoms with Crippen molar-refractivity contribution < 1.29 is 4.74 Å². The van der Waals surface area contributed by atoms with Crippen LogP contribution in [-0.2, 0) is 4.74 Å². The smallest absolute Gasteiger partial charge is 0.0750 e. The number of ether oxygens (including phenoxy) is 1. The number of nitrogens with zero attached hydrogens (tertiary/aromatic N) is 2. The fourth-order valence-corrected chi connectivity index (χ4v) is 3.03. The molecule has 0 aliphatic heterocycles. The molecule has 1 atom stereocenters. The van der Waals surface area contributed by atoms with Gasteiger partial charge in [-0.2, -0.15) is 0 Å². The van der Waals surface area contributed by atoms with E-state index in [9.17, 15) is 0 Å². The Morgan fingerprint density at radius 2 is 2.14 bits per heavy atom. The van der Waals surface area contributed by atoms with E-state index in [0.717, 1.165) is 18.7 Å². The first-order chi connectivity index (χ1) is 10.3. The Balaban J connectivity index is 1.96. The molecule has 2 N–H and O–H groups in total. The molecule has 3 rings (SSSR count). The summed E-state index contributed by atoms with van der Waals surface area (Å²) in [4.78, 5) is 7.07. The molecule has 0 saturated heterocycles. The van der Waals surface area contributed by atoms with Crippen LogP contribution in [0.1, 0.15) is 24.4 Å². The molecule has 2 aromatic rings. The second-order valence-corrected chi connectivity index (χ2v) is 5.64. The maximum Gasteiger partial charge on any atom is 0.0750 e. The monoisotopic (exact) mass is 285 g/mol. The van der Waals surface area contributed by atoms with Gasteiger partial charge in [-0.05, 0) is 24.5 Å². The average molecular weight is 285 g/mol. The summed E-state index contributed by atoms with van der Waals surface area (Å²) in [6.07, 6.45) is 4.38. The Labute approximate surface area is 125 Å². The first-order valence-corrected chi connectivity index (χ1v) is 7.63. The van der Waals surface area contributed by atoms with Crippen LogP contribution >= 0.6 is 0 Å². The topological polar surface area (TPSA) is 51.4 Å². The quantitative estimate of drug-likeness (QED) is 0.848. The molecule has 1 saturated carbocycles. The summed E-state index contributed by atoms with van der Waals surface area (Å²) in [6.45, 7) is 2.27. The summed E-state index contributed by atoms with van der Waals surface area (Å²) in [7, 11) is 1.75. The van der Waals surface area contributed by atoms with E-state index in [1.54, 1.807) is 7.11 Å². The highest BCUT2D eigenvalue weighted by atomic mass is 16.5. The van der Waals surface area contributed by atoms with Gasteiger partial charge in [0.05, 0.1) is 12.1 Å². The first kappa shape index (κ1) is 14.4. The Morgan fingerprint density at radius 3 is 2.86 bits per heavy atom. The maximum absolute atomic E-state index is 6.12. The molecule has 4 heteroatoms. The van der Waals surface area contributed by atoms with Gasteiger partial charge in [0.15, 0.2) is 0 Å². The van der Waals surface area contributed by atoms with Gasteiger partial charge in [0.2, 0.25) is 0 Å². The standard InChI is InChI=1S/C17H23N3O/c1-21-11-10-20(14-7-8-14)16(12-18)15-6-2-4-13-5-3-9-19-17(13)15/h2-6,9,14,16H,7-8,10-12,18H2,1H3. The molecule has 0 radical (unpaired) electrons. The minimum absolute atomic E-state index is 0.214. The molecule has 4 nitrogen and oxygen atoms in total. The summed E-state index contributed by atoms with van der Waals surface area (Å²) in [5.41, 5.74) is 8.43. The van der Waals surface area contributed by atoms with Crippen LogP contribution in [0.25, 0.3) is 10.9 Å². The van der Waals surface area contributed by atoms with Gasteiger partial charge in [-0.15, -0.1) is 0 Å². The van der Waals surface area contributed by atoms with E-state index in [4.69, 9.17) is 10.5 Å². The lowest BCUT2D eigenvalue weighted by molar-refractivity contribution is 0.116. The Bertz CT molecular complexity index is 592. The van der Waals surface area contributed by atoms with Gasteiger partial charge in [0.25, 0.3) is 0 Å². The Kier molecular flexibility index (Phi) is 4.48. The molecule has 0 spiro atoms. The van der Waals surface area contributed by atoms with Gasteiger partial charge < -0.3 is 10.5 Å². The van der Waals surface area contributed by atoms with Gasteiger partial charge in [0, 0.05) is 43.9 Å². The summed E-state index contributed by atoms with van der Waals surface area (Å²) >= 11 is 0. The Hall–Kier alpha value is -1.49. The molecule has 1 fully saturated rings. The highest BCUT2D eigenvalue weighted by Gasteiger charge is 2.34. The third-order valence-corrected chi connectivity index (χ3v) is 4.22. The number of pyridine rings is 1. The van der Waals surface area contributed by atoms with Crippen molar-refractivity contribution in [2.45, 2.75) is 24.9 Å². The molecule has 1 aromatic carbocycles. The second kappa shape index (κ2) is 6.52. The number of aromatic nitrogens is 1. The van der Waals surface area contributed by atoms with Gasteiger partial charge in [-0.25, -0.2) is 0 Å². The van der Waals surface area contributed by atoms with Gasteiger partial charge >= 0.3 is 0 Å². The van der Waals surface area contributed by atoms with Crippen LogP contribution in [0.5, 0.6) is 0 Å². The predicted octanol–water partition coefficient (Wildman–Crippen LogP) is 2.35. The molecule has 112 valence electrons. The lowest BCUT2D eigenvalue weighted by atomic mass is 10.0. The number of fused-ring (bicyclic) bond motifs is 1. The summed E-state index contributed by atoms with van der Waals surface area (Å²) < 4.78 is 5.27. The van der Waals surface area contributed by atoms with Crippen LogP contribution in [0.4, 0.5) is 0 Å². The van der Waals surface area contributed by atoms with Crippen LogP contribution in [-0.4, -0.2) is 42.7 Å². The third kappa shape index (κ3) is 3.07. The van der Waals surface area contributed by atoms with Crippen LogP contribution in [0.15, 0.2) is 36.5 Å². The molecule has 1 aliphatic rings. The van der Waals surface area contributed by atoms with Gasteiger partial charge in [-0.1, -0.05) is 24.3 Å². The van der Waals surface area contributed by atoms with Crippen LogP contribution in [0.3, 0.4) is 0 Å². The minimum atomic E-state index is 0.214. The zero-order valence-corrected chi connectivity index (χ0v) is 12.5. The lowest BCUT2D eigenvalue weighted by Crippen LogP contribution is -2.37. The first-order valence-electron chi connectivity index (χ1n) is 7.63. The number of nitrogens with two attached hydrogens (primary N) is 1. The normalized spacial score (nSPS) is 16.5. The van der Waals surface area contributed by atoms with Gasteiger partial charge in [0.1, 0.15) is 0 Å². The molecule has 1 heterocycles. The minimum Gasteiger partial charge on any atom is -0.383 e. The molecule has 1 unspecified atom stereocenters. The second-order valence-electron chi connectivity index (χ2n) is 5.64. The third-order valence-electron chi connectivity index (χ3n) is 4.22. The van der Waals surface area contributed by atoms with Crippen molar-refractivity contribution in [1.82, 2.24) is 9.88 Å². The molecule has 0 amide bonds. The number of methoxy groups -OCH3 is 1. The van der Waals surface area contributed by atoms with Crippen LogP contribution in [0, 0.1) is 0 Å². The van der Waals surface area contributed by atoms with Crippen molar-refractivity contribution in [3.8, 4) is 0 Å². The van der Waals surface area contributed by atoms with Crippen molar-refractivity contribution in [3.63, 3.8) is 0 Å². The molecule has 21 heavy (non-hydrogen) atoms. The fourth-order valence-electron chi connectivity index (χ4n) is 3.03. The average Bonchev–Trinajstić information content (AvgIpc) is 3.36. The molecule has 1 aliphatic carbocycles. The van der Waals surface area contributed by atoms with E-state index in [1.807, 2.05) is 12.3 Å². The summed E-state index contributed by atoms with van der Waals surface area (Å²) in [5.74, 6) is 0. The number of benzene rings is 1. The van der Waals surface area contributed by atoms with E-state index in [-0.39, 0.29) is 6.04 Å². The molecular formula is C17H23N3O. The predicted molar refractivity (Wildman–Crippen MR) is 85.1 cm³/mol. The SMILES string of the molecule is COCCN(C1CC1)C(CN)c1cccc2cccnc12. The summed E-state index contributed by atoms with van der Waals surface area (Å²) in [5, 5.41) is 1.18. The molecule has 0 bridgehead atoms. The van der Waals surface area contributed by atoms with E-state index in [1.165, 1.54) is 23.8 Å². The van der Waals surface area contributed by atoms with E-state index in [0.29, 0.717) is 12.6 Å². The fraction of sp³-hybridized carbons (Fsp3) is 0.471. The highest BCUT2D eigenvalue weighted by molar-refractivity contribution is 5.82. The molecular weight excluding hydrogens is 262 g/mol. The van der Waals surface area contributed by atoms with Crippen molar-refractivity contribution in [2.24, 2.45) is 5.73 Å². The molecule has 1 aromatic heterocycles. The van der Waals surface area contributed by atoms with E-state index in [2.05, 4.69) is 34.1 Å². The van der Waals surface area contributed by atoms with Gasteiger partial charge in [-0.3, -0.25) is 9.88 Å². The van der Waals surface area contributed by atoms with Crippen molar-refractivity contribution in [3.05, 3.63) is 42.1 Å². The lowest BCUT2D eigenvalue weighted by Gasteiger charge is -2.31. The zero-order valence-electron chi connectivity index (χ0n) is 12.5. The number of hydrogen-bond donors (Lipinski definition) is 1. The number of rotatable bonds is 7. The zero-order chi connectivity index (χ0) is 14.7. The highest BCUT2D eigenvalue weighted by Crippen LogP contribution is 2.35. The van der Waals surface area contributed by atoms with Crippen molar-refractivity contribution in [1.29, 1.82) is 0 Å². The van der Waals surface area contributed by atoms with Crippen molar-refractivity contribution in [2.75, 3.05) is 26.8 Å². The maximum atomic E-state index is 6.12. The van der Waals surface area contributed by atoms with Crippen LogP contribution in [0.2, 0.25) is 0 Å². The van der Waals surface area contributed by atoms with E-state index < -0.39 is 0 Å².